The van der Waals surface area contributed by atoms with Crippen LogP contribution in [0, 0.1) is 0 Å². The number of fused-ring (bicyclic) bond motifs is 1. The van der Waals surface area contributed by atoms with Crippen LogP contribution in [-0.4, -0.2) is 58.3 Å². The number of carbonyl (C=O) groups excluding carboxylic acids is 1. The summed E-state index contributed by atoms with van der Waals surface area (Å²) >= 11 is 0. The molecule has 0 saturated carbocycles. The van der Waals surface area contributed by atoms with Crippen LogP contribution in [0.3, 0.4) is 0 Å². The molecule has 2 saturated heterocycles. The minimum absolute atomic E-state index is 0.131. The third-order valence-corrected chi connectivity index (χ3v) is 6.57. The zero-order valence-corrected chi connectivity index (χ0v) is 18.5. The standard InChI is InChI=1S/C25H31N5O2/c31-25(27-21-7-11-32-12-8-21)24-22-14-19(5-6-23(22)28-29-24)20-13-18(15-26-16-20)17-30-9-3-1-2-4-10-30/h5-6,13-16,21H,1-4,7-12,17H2,(H,27,31)(H,28,29). The summed E-state index contributed by atoms with van der Waals surface area (Å²) in [4.78, 5) is 19.9. The fourth-order valence-corrected chi connectivity index (χ4v) is 4.75. The van der Waals surface area contributed by atoms with Crippen molar-refractivity contribution in [2.24, 2.45) is 0 Å². The molecule has 2 aromatic heterocycles. The first-order valence-electron chi connectivity index (χ1n) is 11.8. The highest BCUT2D eigenvalue weighted by Crippen LogP contribution is 2.26. The molecule has 0 aliphatic carbocycles. The van der Waals surface area contributed by atoms with Gasteiger partial charge in [0.15, 0.2) is 5.69 Å². The fraction of sp³-hybridized carbons (Fsp3) is 0.480. The van der Waals surface area contributed by atoms with Crippen LogP contribution in [0.25, 0.3) is 22.0 Å². The topological polar surface area (TPSA) is 83.1 Å². The van der Waals surface area contributed by atoms with Crippen LogP contribution >= 0.6 is 0 Å². The second-order valence-corrected chi connectivity index (χ2v) is 8.96. The maximum atomic E-state index is 12.9. The van der Waals surface area contributed by atoms with Crippen LogP contribution in [0.1, 0.15) is 54.6 Å². The van der Waals surface area contributed by atoms with Crippen LogP contribution in [-0.2, 0) is 11.3 Å². The summed E-state index contributed by atoms with van der Waals surface area (Å²) in [5.41, 5.74) is 4.65. The SMILES string of the molecule is O=C(NC1CCOCC1)c1n[nH]c2ccc(-c3cncc(CN4CCCCCC4)c3)cc12. The predicted molar refractivity (Wildman–Crippen MR) is 124 cm³/mol. The number of hydrogen-bond acceptors (Lipinski definition) is 5. The van der Waals surface area contributed by atoms with Gasteiger partial charge in [0.2, 0.25) is 0 Å². The van der Waals surface area contributed by atoms with E-state index >= 15 is 0 Å². The number of benzene rings is 1. The van der Waals surface area contributed by atoms with Gasteiger partial charge in [-0.3, -0.25) is 19.8 Å². The summed E-state index contributed by atoms with van der Waals surface area (Å²) < 4.78 is 5.39. The number of H-pyrrole nitrogens is 1. The lowest BCUT2D eigenvalue weighted by Crippen LogP contribution is -2.39. The molecule has 168 valence electrons. The number of likely N-dealkylation sites (tertiary alicyclic amines) is 1. The molecule has 5 rings (SSSR count). The van der Waals surface area contributed by atoms with Crippen LogP contribution < -0.4 is 5.32 Å². The van der Waals surface area contributed by atoms with Crippen LogP contribution in [0.4, 0.5) is 0 Å². The summed E-state index contributed by atoms with van der Waals surface area (Å²) in [6.07, 6.45) is 10.8. The molecule has 3 aromatic rings. The van der Waals surface area contributed by atoms with Gasteiger partial charge < -0.3 is 10.1 Å². The van der Waals surface area contributed by atoms with E-state index in [1.54, 1.807) is 0 Å². The molecule has 1 aromatic carbocycles. The van der Waals surface area contributed by atoms with Crippen molar-refractivity contribution in [2.75, 3.05) is 26.3 Å². The first kappa shape index (κ1) is 21.1. The summed E-state index contributed by atoms with van der Waals surface area (Å²) in [5.74, 6) is -0.131. The van der Waals surface area contributed by atoms with Gasteiger partial charge in [-0.25, -0.2) is 0 Å². The molecule has 4 heterocycles. The Labute approximate surface area is 188 Å². The molecule has 0 spiro atoms. The van der Waals surface area contributed by atoms with Gasteiger partial charge in [0.25, 0.3) is 5.91 Å². The summed E-state index contributed by atoms with van der Waals surface area (Å²) in [6, 6.07) is 8.47. The average Bonchev–Trinajstić information content (AvgIpc) is 3.08. The Morgan fingerprint density at radius 3 is 2.69 bits per heavy atom. The van der Waals surface area contributed by atoms with Crippen molar-refractivity contribution in [1.29, 1.82) is 0 Å². The van der Waals surface area contributed by atoms with Gasteiger partial charge in [-0.05, 0) is 68.1 Å². The minimum Gasteiger partial charge on any atom is -0.381 e. The first-order chi connectivity index (χ1) is 15.8. The first-order valence-corrected chi connectivity index (χ1v) is 11.8. The number of pyridine rings is 1. The Bertz CT molecular complexity index is 1070. The van der Waals surface area contributed by atoms with E-state index in [0.29, 0.717) is 18.9 Å². The van der Waals surface area contributed by atoms with Crippen molar-refractivity contribution >= 4 is 16.8 Å². The fourth-order valence-electron chi connectivity index (χ4n) is 4.75. The molecular formula is C25H31N5O2. The van der Waals surface area contributed by atoms with Crippen molar-refractivity contribution in [3.05, 3.63) is 47.9 Å². The summed E-state index contributed by atoms with van der Waals surface area (Å²) in [5, 5.41) is 11.3. The number of carbonyl (C=O) groups is 1. The van der Waals surface area contributed by atoms with E-state index < -0.39 is 0 Å². The van der Waals surface area contributed by atoms with Crippen molar-refractivity contribution in [3.63, 3.8) is 0 Å². The molecular weight excluding hydrogens is 402 g/mol. The summed E-state index contributed by atoms with van der Waals surface area (Å²) in [7, 11) is 0. The lowest BCUT2D eigenvalue weighted by atomic mass is 10.0. The molecule has 1 amide bonds. The molecule has 7 heteroatoms. The lowest BCUT2D eigenvalue weighted by molar-refractivity contribution is 0.0695. The Morgan fingerprint density at radius 1 is 1.06 bits per heavy atom. The molecule has 0 bridgehead atoms. The molecule has 0 unspecified atom stereocenters. The Hall–Kier alpha value is -2.77. The van der Waals surface area contributed by atoms with E-state index in [4.69, 9.17) is 4.74 Å². The number of nitrogens with zero attached hydrogens (tertiary/aromatic N) is 3. The van der Waals surface area contributed by atoms with Crippen molar-refractivity contribution in [2.45, 2.75) is 51.1 Å². The minimum atomic E-state index is -0.131. The molecule has 0 radical (unpaired) electrons. The molecule has 2 aliphatic heterocycles. The van der Waals surface area contributed by atoms with Crippen LogP contribution in [0.2, 0.25) is 0 Å². The largest absolute Gasteiger partial charge is 0.381 e. The number of aromatic amines is 1. The number of amides is 1. The zero-order chi connectivity index (χ0) is 21.8. The number of hydrogen-bond donors (Lipinski definition) is 2. The highest BCUT2D eigenvalue weighted by molar-refractivity contribution is 6.05. The molecule has 2 fully saturated rings. The Morgan fingerprint density at radius 2 is 1.88 bits per heavy atom. The number of nitrogens with one attached hydrogen (secondary N) is 2. The molecule has 32 heavy (non-hydrogen) atoms. The highest BCUT2D eigenvalue weighted by atomic mass is 16.5. The second-order valence-electron chi connectivity index (χ2n) is 8.96. The van der Waals surface area contributed by atoms with Gasteiger partial charge in [0.1, 0.15) is 0 Å². The smallest absolute Gasteiger partial charge is 0.272 e. The highest BCUT2D eigenvalue weighted by Gasteiger charge is 2.21. The van der Waals surface area contributed by atoms with Crippen molar-refractivity contribution in [3.8, 4) is 11.1 Å². The van der Waals surface area contributed by atoms with Gasteiger partial charge >= 0.3 is 0 Å². The quantitative estimate of drug-likeness (QED) is 0.637. The van der Waals surface area contributed by atoms with E-state index in [1.165, 1.54) is 31.2 Å². The van der Waals surface area contributed by atoms with Crippen molar-refractivity contribution < 1.29 is 9.53 Å². The van der Waals surface area contributed by atoms with E-state index in [-0.39, 0.29) is 11.9 Å². The normalized spacial score (nSPS) is 18.5. The molecule has 7 nitrogen and oxygen atoms in total. The molecule has 2 N–H and O–H groups in total. The molecule has 2 aliphatic rings. The average molecular weight is 434 g/mol. The van der Waals surface area contributed by atoms with E-state index in [9.17, 15) is 4.79 Å². The third kappa shape index (κ3) is 4.84. The lowest BCUT2D eigenvalue weighted by Gasteiger charge is -2.22. The van der Waals surface area contributed by atoms with Gasteiger partial charge in [0, 0.05) is 49.1 Å². The predicted octanol–water partition coefficient (Wildman–Crippen LogP) is 3.91. The van der Waals surface area contributed by atoms with E-state index in [0.717, 1.165) is 54.5 Å². The van der Waals surface area contributed by atoms with Gasteiger partial charge in [-0.1, -0.05) is 18.9 Å². The number of rotatable bonds is 5. The van der Waals surface area contributed by atoms with Crippen LogP contribution in [0.15, 0.2) is 36.7 Å². The Balaban J connectivity index is 1.36. The maximum absolute atomic E-state index is 12.9. The van der Waals surface area contributed by atoms with Gasteiger partial charge in [-0.2, -0.15) is 5.10 Å². The second kappa shape index (κ2) is 9.79. The van der Waals surface area contributed by atoms with E-state index in [2.05, 4.69) is 37.5 Å². The van der Waals surface area contributed by atoms with Crippen molar-refractivity contribution in [1.82, 2.24) is 25.4 Å². The Kier molecular flexibility index (Phi) is 6.46. The monoisotopic (exact) mass is 433 g/mol. The maximum Gasteiger partial charge on any atom is 0.272 e. The van der Waals surface area contributed by atoms with E-state index in [1.807, 2.05) is 24.5 Å². The zero-order valence-electron chi connectivity index (χ0n) is 18.5. The number of ether oxygens (including phenoxy) is 1. The van der Waals surface area contributed by atoms with Gasteiger partial charge in [-0.15, -0.1) is 0 Å². The van der Waals surface area contributed by atoms with Gasteiger partial charge in [0.05, 0.1) is 5.52 Å². The van der Waals surface area contributed by atoms with Crippen LogP contribution in [0.5, 0.6) is 0 Å². The number of aromatic nitrogens is 3. The third-order valence-electron chi connectivity index (χ3n) is 6.57. The molecule has 0 atom stereocenters. The summed E-state index contributed by atoms with van der Waals surface area (Å²) in [6.45, 7) is 4.65.